The molecule has 1 heterocycles. The lowest BCUT2D eigenvalue weighted by Crippen LogP contribution is -2.14. The van der Waals surface area contributed by atoms with Crippen LogP contribution in [-0.2, 0) is 6.18 Å². The molecular weight excluding hydrogens is 277 g/mol. The van der Waals surface area contributed by atoms with Crippen molar-refractivity contribution in [3.05, 3.63) is 65.0 Å². The molecule has 2 aromatic rings. The van der Waals surface area contributed by atoms with Crippen LogP contribution in [0.3, 0.4) is 0 Å². The molecule has 0 bridgehead atoms. The second-order valence-electron chi connectivity index (χ2n) is 5.27. The van der Waals surface area contributed by atoms with Crippen LogP contribution in [0.15, 0.2) is 42.6 Å². The minimum atomic E-state index is -4.38. The number of alkyl halides is 3. The van der Waals surface area contributed by atoms with Crippen molar-refractivity contribution in [1.29, 1.82) is 0 Å². The molecule has 1 atom stereocenters. The van der Waals surface area contributed by atoms with E-state index in [-0.39, 0.29) is 0 Å². The lowest BCUT2D eigenvalue weighted by Gasteiger charge is -2.14. The smallest absolute Gasteiger partial charge is 0.319 e. The lowest BCUT2D eigenvalue weighted by atomic mass is 9.98. The van der Waals surface area contributed by atoms with Gasteiger partial charge in [0.15, 0.2) is 0 Å². The number of halogens is 3. The van der Waals surface area contributed by atoms with E-state index in [1.807, 2.05) is 24.3 Å². The maximum absolute atomic E-state index is 12.5. The van der Waals surface area contributed by atoms with Gasteiger partial charge in [0.25, 0.3) is 0 Å². The summed E-state index contributed by atoms with van der Waals surface area (Å²) >= 11 is 0. The van der Waals surface area contributed by atoms with Gasteiger partial charge in [-0.15, -0.1) is 0 Å². The van der Waals surface area contributed by atoms with Crippen molar-refractivity contribution in [2.45, 2.75) is 32.0 Å². The molecule has 0 saturated carbocycles. The molecule has 0 spiro atoms. The number of pyridine rings is 1. The Morgan fingerprint density at radius 3 is 1.95 bits per heavy atom. The largest absolute Gasteiger partial charge is 0.417 e. The molecule has 112 valence electrons. The highest BCUT2D eigenvalue weighted by Gasteiger charge is 2.30. The predicted molar refractivity (Wildman–Crippen MR) is 75.8 cm³/mol. The van der Waals surface area contributed by atoms with Crippen LogP contribution in [0.5, 0.6) is 0 Å². The number of rotatable bonds is 3. The number of nitrogens with two attached hydrogens (primary N) is 1. The highest BCUT2D eigenvalue weighted by Crippen LogP contribution is 2.29. The van der Waals surface area contributed by atoms with E-state index in [2.05, 4.69) is 18.8 Å². The number of hydrogen-bond donors (Lipinski definition) is 1. The molecule has 0 aliphatic heterocycles. The van der Waals surface area contributed by atoms with E-state index in [0.29, 0.717) is 11.6 Å². The van der Waals surface area contributed by atoms with E-state index in [1.54, 1.807) is 0 Å². The SMILES string of the molecule is CC(C)c1ccc(C(N)c2ccc(C(F)(F)F)cn2)cc1. The molecule has 21 heavy (non-hydrogen) atoms. The summed E-state index contributed by atoms with van der Waals surface area (Å²) in [7, 11) is 0. The molecule has 5 heteroatoms. The molecule has 0 saturated heterocycles. The Balaban J connectivity index is 2.21. The van der Waals surface area contributed by atoms with Gasteiger partial charge in [0, 0.05) is 6.20 Å². The molecular formula is C16H17F3N2. The Hall–Kier alpha value is -1.88. The minimum absolute atomic E-state index is 0.416. The quantitative estimate of drug-likeness (QED) is 0.918. The van der Waals surface area contributed by atoms with Gasteiger partial charge in [0.1, 0.15) is 0 Å². The fourth-order valence-corrected chi connectivity index (χ4v) is 2.02. The predicted octanol–water partition coefficient (Wildman–Crippen LogP) is 4.27. The Bertz CT molecular complexity index is 586. The van der Waals surface area contributed by atoms with E-state index in [9.17, 15) is 13.2 Å². The molecule has 0 amide bonds. The molecule has 1 aromatic carbocycles. The van der Waals surface area contributed by atoms with Crippen LogP contribution in [0.2, 0.25) is 0 Å². The first-order chi connectivity index (χ1) is 9.79. The van der Waals surface area contributed by atoms with Crippen LogP contribution in [0.1, 0.15) is 48.2 Å². The average molecular weight is 294 g/mol. The molecule has 1 aromatic heterocycles. The maximum atomic E-state index is 12.5. The zero-order chi connectivity index (χ0) is 15.6. The van der Waals surface area contributed by atoms with Gasteiger partial charge >= 0.3 is 6.18 Å². The van der Waals surface area contributed by atoms with Gasteiger partial charge in [0.2, 0.25) is 0 Å². The van der Waals surface area contributed by atoms with Crippen LogP contribution in [0.4, 0.5) is 13.2 Å². The number of nitrogens with zero attached hydrogens (tertiary/aromatic N) is 1. The number of aromatic nitrogens is 1. The third-order valence-corrected chi connectivity index (χ3v) is 3.39. The van der Waals surface area contributed by atoms with Gasteiger partial charge in [-0.25, -0.2) is 0 Å². The summed E-state index contributed by atoms with van der Waals surface area (Å²) in [4.78, 5) is 3.83. The number of hydrogen-bond acceptors (Lipinski definition) is 2. The van der Waals surface area contributed by atoms with E-state index in [0.717, 1.165) is 17.8 Å². The summed E-state index contributed by atoms with van der Waals surface area (Å²) in [6.45, 7) is 4.18. The van der Waals surface area contributed by atoms with Crippen LogP contribution < -0.4 is 5.73 Å². The maximum Gasteiger partial charge on any atom is 0.417 e. The highest BCUT2D eigenvalue weighted by molar-refractivity contribution is 5.32. The van der Waals surface area contributed by atoms with Crippen molar-refractivity contribution in [3.8, 4) is 0 Å². The first-order valence-corrected chi connectivity index (χ1v) is 6.67. The minimum Gasteiger partial charge on any atom is -0.319 e. The average Bonchev–Trinajstić information content (AvgIpc) is 2.46. The first kappa shape index (κ1) is 15.5. The highest BCUT2D eigenvalue weighted by atomic mass is 19.4. The molecule has 2 nitrogen and oxygen atoms in total. The summed E-state index contributed by atoms with van der Waals surface area (Å²) in [5.74, 6) is 0.416. The fraction of sp³-hybridized carbons (Fsp3) is 0.312. The van der Waals surface area contributed by atoms with Gasteiger partial charge < -0.3 is 5.73 Å². The monoisotopic (exact) mass is 294 g/mol. The summed E-state index contributed by atoms with van der Waals surface area (Å²) in [6.07, 6.45) is -3.56. The van der Waals surface area contributed by atoms with Crippen molar-refractivity contribution in [2.75, 3.05) is 0 Å². The van der Waals surface area contributed by atoms with E-state index < -0.39 is 17.8 Å². The van der Waals surface area contributed by atoms with Crippen LogP contribution >= 0.6 is 0 Å². The summed E-state index contributed by atoms with van der Waals surface area (Å²) in [6, 6.07) is 9.52. The Morgan fingerprint density at radius 1 is 0.952 bits per heavy atom. The first-order valence-electron chi connectivity index (χ1n) is 6.67. The fourth-order valence-electron chi connectivity index (χ4n) is 2.02. The van der Waals surface area contributed by atoms with E-state index in [1.165, 1.54) is 11.6 Å². The van der Waals surface area contributed by atoms with Crippen LogP contribution in [0.25, 0.3) is 0 Å². The standard InChI is InChI=1S/C16H17F3N2/c1-10(2)11-3-5-12(6-4-11)15(20)14-8-7-13(9-21-14)16(17,18)19/h3-10,15H,20H2,1-2H3. The molecule has 0 radical (unpaired) electrons. The second-order valence-corrected chi connectivity index (χ2v) is 5.27. The molecule has 2 rings (SSSR count). The number of benzene rings is 1. The third-order valence-electron chi connectivity index (χ3n) is 3.39. The molecule has 2 N–H and O–H groups in total. The van der Waals surface area contributed by atoms with E-state index >= 15 is 0 Å². The Kier molecular flexibility index (Phi) is 4.32. The second kappa shape index (κ2) is 5.85. The van der Waals surface area contributed by atoms with Crippen molar-refractivity contribution in [2.24, 2.45) is 5.73 Å². The Labute approximate surface area is 121 Å². The normalized spacial score (nSPS) is 13.5. The zero-order valence-electron chi connectivity index (χ0n) is 11.9. The van der Waals surface area contributed by atoms with Crippen molar-refractivity contribution in [3.63, 3.8) is 0 Å². The summed E-state index contributed by atoms with van der Waals surface area (Å²) < 4.78 is 37.5. The molecule has 0 aliphatic rings. The van der Waals surface area contributed by atoms with Crippen molar-refractivity contribution < 1.29 is 13.2 Å². The Morgan fingerprint density at radius 2 is 1.52 bits per heavy atom. The molecule has 0 fully saturated rings. The summed E-state index contributed by atoms with van der Waals surface area (Å²) in [5, 5.41) is 0. The van der Waals surface area contributed by atoms with Gasteiger partial charge in [-0.1, -0.05) is 38.1 Å². The third kappa shape index (κ3) is 3.61. The molecule has 0 aliphatic carbocycles. The van der Waals surface area contributed by atoms with Crippen molar-refractivity contribution in [1.82, 2.24) is 4.98 Å². The van der Waals surface area contributed by atoms with Gasteiger partial charge in [-0.3, -0.25) is 4.98 Å². The van der Waals surface area contributed by atoms with Gasteiger partial charge in [-0.2, -0.15) is 13.2 Å². The van der Waals surface area contributed by atoms with Crippen molar-refractivity contribution >= 4 is 0 Å². The van der Waals surface area contributed by atoms with Gasteiger partial charge in [-0.05, 0) is 29.2 Å². The summed E-state index contributed by atoms with van der Waals surface area (Å²) in [5.41, 5.74) is 7.72. The lowest BCUT2D eigenvalue weighted by molar-refractivity contribution is -0.137. The topological polar surface area (TPSA) is 38.9 Å². The van der Waals surface area contributed by atoms with Crippen LogP contribution in [0, 0.1) is 0 Å². The zero-order valence-corrected chi connectivity index (χ0v) is 11.9. The molecule has 1 unspecified atom stereocenters. The van der Waals surface area contributed by atoms with Crippen LogP contribution in [-0.4, -0.2) is 4.98 Å². The van der Waals surface area contributed by atoms with E-state index in [4.69, 9.17) is 5.73 Å². The van der Waals surface area contributed by atoms with Gasteiger partial charge in [0.05, 0.1) is 17.3 Å².